The van der Waals surface area contributed by atoms with Gasteiger partial charge in [0.25, 0.3) is 5.89 Å². The van der Waals surface area contributed by atoms with Gasteiger partial charge >= 0.3 is 5.97 Å². The summed E-state index contributed by atoms with van der Waals surface area (Å²) < 4.78 is 31.6. The van der Waals surface area contributed by atoms with Gasteiger partial charge in [0.2, 0.25) is 15.8 Å². The molecular formula is C16H14N4O5S. The zero-order chi connectivity index (χ0) is 18.6. The molecule has 0 atom stereocenters. The fourth-order valence-electron chi connectivity index (χ4n) is 2.11. The molecule has 9 nitrogen and oxygen atoms in total. The Morgan fingerprint density at radius 1 is 1.08 bits per heavy atom. The van der Waals surface area contributed by atoms with E-state index in [2.05, 4.69) is 19.8 Å². The maximum absolute atomic E-state index is 12.1. The third-order valence-corrected chi connectivity index (χ3v) is 4.88. The van der Waals surface area contributed by atoms with Gasteiger partial charge < -0.3 is 9.63 Å². The summed E-state index contributed by atoms with van der Waals surface area (Å²) in [4.78, 5) is 18.7. The first-order valence-electron chi connectivity index (χ1n) is 7.52. The van der Waals surface area contributed by atoms with Gasteiger partial charge in [0.15, 0.2) is 0 Å². The minimum atomic E-state index is -3.78. The molecule has 0 saturated heterocycles. The standard InChI is InChI=1S/C16H14N4O5S/c21-14(22)7-10-18-26(23,24)13-3-1-11(2-4-13)15-19-16(25-20-15)12-5-8-17-9-6-12/h1-6,8-9,18H,7,10H2,(H,21,22). The average molecular weight is 374 g/mol. The number of carbonyl (C=O) groups is 1. The van der Waals surface area contributed by atoms with E-state index in [1.54, 1.807) is 36.7 Å². The third-order valence-electron chi connectivity index (χ3n) is 3.41. The lowest BCUT2D eigenvalue weighted by atomic mass is 10.2. The molecule has 3 rings (SSSR count). The monoisotopic (exact) mass is 374 g/mol. The highest BCUT2D eigenvalue weighted by Gasteiger charge is 2.16. The van der Waals surface area contributed by atoms with Crippen LogP contribution in [0.25, 0.3) is 22.8 Å². The van der Waals surface area contributed by atoms with E-state index in [0.29, 0.717) is 17.3 Å². The van der Waals surface area contributed by atoms with Crippen molar-refractivity contribution in [3.8, 4) is 22.8 Å². The van der Waals surface area contributed by atoms with Crippen LogP contribution in [0.2, 0.25) is 0 Å². The van der Waals surface area contributed by atoms with Crippen molar-refractivity contribution in [2.75, 3.05) is 6.54 Å². The van der Waals surface area contributed by atoms with Crippen LogP contribution in [0.4, 0.5) is 0 Å². The lowest BCUT2D eigenvalue weighted by Gasteiger charge is -2.05. The van der Waals surface area contributed by atoms with Gasteiger partial charge in [-0.3, -0.25) is 9.78 Å². The Morgan fingerprint density at radius 2 is 1.77 bits per heavy atom. The van der Waals surface area contributed by atoms with E-state index >= 15 is 0 Å². The van der Waals surface area contributed by atoms with Crippen LogP contribution in [-0.4, -0.2) is 41.2 Å². The molecule has 0 unspecified atom stereocenters. The molecule has 2 aromatic heterocycles. The van der Waals surface area contributed by atoms with Crippen molar-refractivity contribution in [1.82, 2.24) is 19.8 Å². The Morgan fingerprint density at radius 3 is 2.42 bits per heavy atom. The average Bonchev–Trinajstić information content (AvgIpc) is 3.12. The van der Waals surface area contributed by atoms with Gasteiger partial charge in [-0.15, -0.1) is 0 Å². The number of hydrogen-bond donors (Lipinski definition) is 2. The second kappa shape index (κ2) is 7.42. The van der Waals surface area contributed by atoms with Crippen LogP contribution < -0.4 is 4.72 Å². The number of aliphatic carboxylic acids is 1. The van der Waals surface area contributed by atoms with Gasteiger partial charge in [0, 0.05) is 30.1 Å². The molecule has 2 N–H and O–H groups in total. The predicted molar refractivity (Wildman–Crippen MR) is 90.4 cm³/mol. The molecule has 1 aromatic carbocycles. The van der Waals surface area contributed by atoms with Crippen molar-refractivity contribution in [2.24, 2.45) is 0 Å². The number of nitrogens with zero attached hydrogens (tertiary/aromatic N) is 3. The van der Waals surface area contributed by atoms with E-state index in [4.69, 9.17) is 9.63 Å². The molecule has 0 radical (unpaired) electrons. The fraction of sp³-hybridized carbons (Fsp3) is 0.125. The van der Waals surface area contributed by atoms with Gasteiger partial charge in [0.1, 0.15) is 0 Å². The molecule has 0 aliphatic rings. The molecule has 10 heteroatoms. The smallest absolute Gasteiger partial charge is 0.304 e. The number of carboxylic acids is 1. The largest absolute Gasteiger partial charge is 0.481 e. The molecule has 0 saturated carbocycles. The zero-order valence-electron chi connectivity index (χ0n) is 13.4. The van der Waals surface area contributed by atoms with Gasteiger partial charge in [0.05, 0.1) is 11.3 Å². The number of hydrogen-bond acceptors (Lipinski definition) is 7. The Balaban J connectivity index is 1.76. The minimum Gasteiger partial charge on any atom is -0.481 e. The number of rotatable bonds is 7. The number of pyridine rings is 1. The Kier molecular flexibility index (Phi) is 5.05. The van der Waals surface area contributed by atoms with Gasteiger partial charge in [-0.2, -0.15) is 4.98 Å². The molecule has 0 bridgehead atoms. The number of benzene rings is 1. The van der Waals surface area contributed by atoms with Crippen molar-refractivity contribution in [3.63, 3.8) is 0 Å². The first-order valence-corrected chi connectivity index (χ1v) is 9.00. The van der Waals surface area contributed by atoms with Crippen LogP contribution in [0.3, 0.4) is 0 Å². The second-order valence-corrected chi connectivity index (χ2v) is 6.99. The van der Waals surface area contributed by atoms with Gasteiger partial charge in [-0.1, -0.05) is 5.16 Å². The van der Waals surface area contributed by atoms with E-state index in [0.717, 1.165) is 5.56 Å². The van der Waals surface area contributed by atoms with Crippen molar-refractivity contribution in [2.45, 2.75) is 11.3 Å². The van der Waals surface area contributed by atoms with E-state index < -0.39 is 16.0 Å². The summed E-state index contributed by atoms with van der Waals surface area (Å²) in [5.74, 6) is -0.431. The van der Waals surface area contributed by atoms with Crippen LogP contribution in [0, 0.1) is 0 Å². The molecule has 134 valence electrons. The van der Waals surface area contributed by atoms with Crippen LogP contribution in [0.5, 0.6) is 0 Å². The zero-order valence-corrected chi connectivity index (χ0v) is 14.2. The maximum Gasteiger partial charge on any atom is 0.304 e. The molecule has 2 heterocycles. The second-order valence-electron chi connectivity index (χ2n) is 5.22. The molecule has 0 fully saturated rings. The molecule has 0 aliphatic heterocycles. The Labute approximate surface area is 148 Å². The number of nitrogens with one attached hydrogen (secondary N) is 1. The van der Waals surface area contributed by atoms with Crippen LogP contribution in [0.1, 0.15) is 6.42 Å². The molecular weight excluding hydrogens is 360 g/mol. The quantitative estimate of drug-likeness (QED) is 0.636. The topological polar surface area (TPSA) is 135 Å². The maximum atomic E-state index is 12.1. The normalized spacial score (nSPS) is 11.4. The molecule has 26 heavy (non-hydrogen) atoms. The van der Waals surface area contributed by atoms with Crippen LogP contribution in [0.15, 0.2) is 58.2 Å². The fourth-order valence-corrected chi connectivity index (χ4v) is 3.14. The van der Waals surface area contributed by atoms with E-state index in [-0.39, 0.29) is 17.9 Å². The summed E-state index contributed by atoms with van der Waals surface area (Å²) in [6.07, 6.45) is 2.92. The van der Waals surface area contributed by atoms with Crippen molar-refractivity contribution in [3.05, 3.63) is 48.8 Å². The van der Waals surface area contributed by atoms with Crippen molar-refractivity contribution >= 4 is 16.0 Å². The summed E-state index contributed by atoms with van der Waals surface area (Å²) in [6, 6.07) is 9.34. The predicted octanol–water partition coefficient (Wildman–Crippen LogP) is 1.55. The lowest BCUT2D eigenvalue weighted by Crippen LogP contribution is -2.26. The van der Waals surface area contributed by atoms with E-state index in [1.165, 1.54) is 12.1 Å². The number of aromatic nitrogens is 3. The molecule has 3 aromatic rings. The van der Waals surface area contributed by atoms with Crippen molar-refractivity contribution in [1.29, 1.82) is 0 Å². The first kappa shape index (κ1) is 17.7. The van der Waals surface area contributed by atoms with E-state index in [1.807, 2.05) is 0 Å². The van der Waals surface area contributed by atoms with Crippen LogP contribution >= 0.6 is 0 Å². The SMILES string of the molecule is O=C(O)CCNS(=O)(=O)c1ccc(-c2noc(-c3ccncc3)n2)cc1. The summed E-state index contributed by atoms with van der Waals surface area (Å²) in [7, 11) is -3.78. The summed E-state index contributed by atoms with van der Waals surface area (Å²) in [5, 5.41) is 12.5. The van der Waals surface area contributed by atoms with Gasteiger partial charge in [-0.05, 0) is 36.4 Å². The highest BCUT2D eigenvalue weighted by Crippen LogP contribution is 2.22. The molecule has 0 aliphatic carbocycles. The molecule has 0 spiro atoms. The Bertz CT molecular complexity index is 1000. The minimum absolute atomic E-state index is 0.0180. The lowest BCUT2D eigenvalue weighted by molar-refractivity contribution is -0.136. The van der Waals surface area contributed by atoms with Gasteiger partial charge in [-0.25, -0.2) is 13.1 Å². The molecule has 0 amide bonds. The Hall–Kier alpha value is -3.11. The summed E-state index contributed by atoms with van der Waals surface area (Å²) in [6.45, 7) is -0.181. The number of carboxylic acid groups (broad SMARTS) is 1. The highest BCUT2D eigenvalue weighted by atomic mass is 32.2. The van der Waals surface area contributed by atoms with E-state index in [9.17, 15) is 13.2 Å². The van der Waals surface area contributed by atoms with Crippen molar-refractivity contribution < 1.29 is 22.8 Å². The van der Waals surface area contributed by atoms with Crippen LogP contribution in [-0.2, 0) is 14.8 Å². The highest BCUT2D eigenvalue weighted by molar-refractivity contribution is 7.89. The third kappa shape index (κ3) is 4.10. The summed E-state index contributed by atoms with van der Waals surface area (Å²) >= 11 is 0. The summed E-state index contributed by atoms with van der Waals surface area (Å²) in [5.41, 5.74) is 1.30. The number of sulfonamides is 1. The first-order chi connectivity index (χ1) is 12.5.